The minimum absolute atomic E-state index is 0.129. The van der Waals surface area contributed by atoms with Crippen LogP contribution in [0, 0.1) is 6.92 Å². The van der Waals surface area contributed by atoms with Crippen LogP contribution in [0.5, 0.6) is 5.75 Å². The minimum atomic E-state index is -3.50. The maximum absolute atomic E-state index is 12.3. The molecule has 0 radical (unpaired) electrons. The van der Waals surface area contributed by atoms with E-state index in [1.807, 2.05) is 32.0 Å². The van der Waals surface area contributed by atoms with Crippen LogP contribution in [0.25, 0.3) is 10.2 Å². The summed E-state index contributed by atoms with van der Waals surface area (Å²) in [7, 11) is -3.50. The highest BCUT2D eigenvalue weighted by atomic mass is 32.2. The largest absolute Gasteiger partial charge is 0.494 e. The highest BCUT2D eigenvalue weighted by molar-refractivity contribution is 7.91. The van der Waals surface area contributed by atoms with Gasteiger partial charge in [0, 0.05) is 6.42 Å². The summed E-state index contributed by atoms with van der Waals surface area (Å²) in [6.45, 7) is 4.37. The molecule has 0 saturated carbocycles. The third-order valence-corrected chi connectivity index (χ3v) is 6.56. The number of carbonyl (C=O) groups is 1. The number of nitrogens with one attached hydrogen (secondary N) is 1. The number of fused-ring (bicyclic) bond motifs is 1. The van der Waals surface area contributed by atoms with Gasteiger partial charge < -0.3 is 10.1 Å². The van der Waals surface area contributed by atoms with Crippen molar-refractivity contribution in [3.8, 4) is 5.75 Å². The van der Waals surface area contributed by atoms with E-state index in [9.17, 15) is 13.2 Å². The average Bonchev–Trinajstić information content (AvgIpc) is 3.02. The Kier molecular flexibility index (Phi) is 5.76. The van der Waals surface area contributed by atoms with Gasteiger partial charge in [-0.3, -0.25) is 4.79 Å². The SMILES string of the molecule is CCOc1ccc2nc(NC(=O)CCS(=O)(=O)c3ccc(C)cc3)sc2c1. The van der Waals surface area contributed by atoms with Crippen molar-refractivity contribution >= 4 is 42.4 Å². The quantitative estimate of drug-likeness (QED) is 0.647. The highest BCUT2D eigenvalue weighted by Crippen LogP contribution is 2.29. The van der Waals surface area contributed by atoms with Crippen molar-refractivity contribution in [2.75, 3.05) is 17.7 Å². The Hall–Kier alpha value is -2.45. The molecule has 0 spiro atoms. The average molecular weight is 405 g/mol. The second-order valence-electron chi connectivity index (χ2n) is 6.01. The molecule has 6 nitrogen and oxygen atoms in total. The number of nitrogens with zero attached hydrogens (tertiary/aromatic N) is 1. The molecule has 142 valence electrons. The van der Waals surface area contributed by atoms with Crippen molar-refractivity contribution in [2.24, 2.45) is 0 Å². The van der Waals surface area contributed by atoms with Crippen LogP contribution in [0.1, 0.15) is 18.9 Å². The van der Waals surface area contributed by atoms with Gasteiger partial charge in [0.1, 0.15) is 5.75 Å². The Morgan fingerprint density at radius 2 is 1.93 bits per heavy atom. The molecule has 0 bridgehead atoms. The van der Waals surface area contributed by atoms with Gasteiger partial charge in [-0.05, 0) is 44.2 Å². The lowest BCUT2D eigenvalue weighted by atomic mass is 10.2. The molecule has 1 amide bonds. The molecule has 1 aromatic heterocycles. The first-order valence-corrected chi connectivity index (χ1v) is 11.0. The monoisotopic (exact) mass is 404 g/mol. The first-order chi connectivity index (χ1) is 12.9. The summed E-state index contributed by atoms with van der Waals surface area (Å²) in [5, 5.41) is 3.12. The smallest absolute Gasteiger partial charge is 0.227 e. The molecule has 27 heavy (non-hydrogen) atoms. The van der Waals surface area contributed by atoms with Crippen LogP contribution in [0.3, 0.4) is 0 Å². The van der Waals surface area contributed by atoms with Gasteiger partial charge >= 0.3 is 0 Å². The number of benzene rings is 2. The summed E-state index contributed by atoms with van der Waals surface area (Å²) in [6.07, 6.45) is -0.129. The molecule has 1 N–H and O–H groups in total. The molecular formula is C19H20N2O4S2. The number of aromatic nitrogens is 1. The second-order valence-corrected chi connectivity index (χ2v) is 9.15. The van der Waals surface area contributed by atoms with Gasteiger partial charge in [0.25, 0.3) is 0 Å². The topological polar surface area (TPSA) is 85.4 Å². The zero-order valence-corrected chi connectivity index (χ0v) is 16.7. The Bertz CT molecular complexity index is 1060. The molecule has 3 rings (SSSR count). The summed E-state index contributed by atoms with van der Waals surface area (Å²) in [5.74, 6) is 0.117. The first kappa shape index (κ1) is 19.3. The number of ether oxygens (including phenoxy) is 1. The lowest BCUT2D eigenvalue weighted by molar-refractivity contribution is -0.115. The summed E-state index contributed by atoms with van der Waals surface area (Å²) >= 11 is 1.32. The zero-order valence-electron chi connectivity index (χ0n) is 15.1. The summed E-state index contributed by atoms with van der Waals surface area (Å²) in [6, 6.07) is 12.1. The molecule has 3 aromatic rings. The zero-order chi connectivity index (χ0) is 19.4. The van der Waals surface area contributed by atoms with E-state index < -0.39 is 9.84 Å². The Labute approximate surface area is 162 Å². The third kappa shape index (κ3) is 4.84. The molecule has 0 aliphatic heterocycles. The van der Waals surface area contributed by atoms with Crippen molar-refractivity contribution in [3.63, 3.8) is 0 Å². The van der Waals surface area contributed by atoms with E-state index in [0.29, 0.717) is 11.7 Å². The van der Waals surface area contributed by atoms with Crippen molar-refractivity contribution < 1.29 is 17.9 Å². The van der Waals surface area contributed by atoms with Crippen LogP contribution < -0.4 is 10.1 Å². The maximum atomic E-state index is 12.3. The number of thiazole rings is 1. The van der Waals surface area contributed by atoms with Crippen LogP contribution in [0.15, 0.2) is 47.4 Å². The standard InChI is InChI=1S/C19H20N2O4S2/c1-3-25-14-6-9-16-17(12-14)26-19(20-16)21-18(22)10-11-27(23,24)15-7-4-13(2)5-8-15/h4-9,12H,3,10-11H2,1-2H3,(H,20,21,22). The van der Waals surface area contributed by atoms with E-state index >= 15 is 0 Å². The molecule has 0 saturated heterocycles. The molecule has 0 aliphatic rings. The molecule has 0 atom stereocenters. The molecule has 0 fully saturated rings. The number of aryl methyl sites for hydroxylation is 1. The number of rotatable bonds is 7. The van der Waals surface area contributed by atoms with Crippen LogP contribution >= 0.6 is 11.3 Å². The number of carbonyl (C=O) groups excluding carboxylic acids is 1. The fourth-order valence-corrected chi connectivity index (χ4v) is 4.64. The van der Waals surface area contributed by atoms with E-state index in [2.05, 4.69) is 10.3 Å². The molecule has 2 aromatic carbocycles. The minimum Gasteiger partial charge on any atom is -0.494 e. The van der Waals surface area contributed by atoms with Crippen molar-refractivity contribution in [2.45, 2.75) is 25.2 Å². The number of sulfone groups is 1. The van der Waals surface area contributed by atoms with Gasteiger partial charge in [0.05, 0.1) is 27.5 Å². The Morgan fingerprint density at radius 3 is 2.63 bits per heavy atom. The van der Waals surface area contributed by atoms with E-state index in [4.69, 9.17) is 4.74 Å². The van der Waals surface area contributed by atoms with Crippen LogP contribution in [0.4, 0.5) is 5.13 Å². The fourth-order valence-electron chi connectivity index (χ4n) is 2.49. The number of amides is 1. The fraction of sp³-hybridized carbons (Fsp3) is 0.263. The molecule has 0 unspecified atom stereocenters. The molecule has 0 aliphatic carbocycles. The van der Waals surface area contributed by atoms with E-state index in [0.717, 1.165) is 21.5 Å². The van der Waals surface area contributed by atoms with E-state index in [-0.39, 0.29) is 23.0 Å². The van der Waals surface area contributed by atoms with Crippen LogP contribution in [-0.4, -0.2) is 31.7 Å². The number of anilines is 1. The van der Waals surface area contributed by atoms with Gasteiger partial charge in [-0.1, -0.05) is 29.0 Å². The van der Waals surface area contributed by atoms with Crippen molar-refractivity contribution in [3.05, 3.63) is 48.0 Å². The first-order valence-electron chi connectivity index (χ1n) is 8.50. The van der Waals surface area contributed by atoms with Gasteiger partial charge in [-0.25, -0.2) is 13.4 Å². The second kappa shape index (κ2) is 8.06. The van der Waals surface area contributed by atoms with Gasteiger partial charge in [-0.2, -0.15) is 0 Å². The van der Waals surface area contributed by atoms with Crippen molar-refractivity contribution in [1.82, 2.24) is 4.98 Å². The Morgan fingerprint density at radius 1 is 1.19 bits per heavy atom. The van der Waals surface area contributed by atoms with Crippen LogP contribution in [-0.2, 0) is 14.6 Å². The summed E-state index contributed by atoms with van der Waals surface area (Å²) < 4.78 is 31.0. The number of hydrogen-bond acceptors (Lipinski definition) is 6. The molecule has 8 heteroatoms. The molecule has 1 heterocycles. The predicted octanol–water partition coefficient (Wildman–Crippen LogP) is 3.81. The van der Waals surface area contributed by atoms with Gasteiger partial charge in [-0.15, -0.1) is 0 Å². The molecular weight excluding hydrogens is 384 g/mol. The Balaban J connectivity index is 1.63. The van der Waals surface area contributed by atoms with E-state index in [1.54, 1.807) is 24.3 Å². The van der Waals surface area contributed by atoms with Crippen molar-refractivity contribution in [1.29, 1.82) is 0 Å². The summed E-state index contributed by atoms with van der Waals surface area (Å²) in [4.78, 5) is 16.7. The third-order valence-electron chi connectivity index (χ3n) is 3.90. The van der Waals surface area contributed by atoms with Gasteiger partial charge in [0.2, 0.25) is 5.91 Å². The lowest BCUT2D eigenvalue weighted by Gasteiger charge is -2.05. The highest BCUT2D eigenvalue weighted by Gasteiger charge is 2.17. The number of hydrogen-bond donors (Lipinski definition) is 1. The summed E-state index contributed by atoms with van der Waals surface area (Å²) in [5.41, 5.74) is 1.74. The normalized spacial score (nSPS) is 11.5. The predicted molar refractivity (Wildman–Crippen MR) is 107 cm³/mol. The lowest BCUT2D eigenvalue weighted by Crippen LogP contribution is -2.17. The maximum Gasteiger partial charge on any atom is 0.227 e. The van der Waals surface area contributed by atoms with Crippen LogP contribution in [0.2, 0.25) is 0 Å². The van der Waals surface area contributed by atoms with Gasteiger partial charge in [0.15, 0.2) is 15.0 Å². The van der Waals surface area contributed by atoms with E-state index in [1.165, 1.54) is 11.3 Å².